The quantitative estimate of drug-likeness (QED) is 0.474. The van der Waals surface area contributed by atoms with Crippen LogP contribution in [0, 0.1) is 0 Å². The summed E-state index contributed by atoms with van der Waals surface area (Å²) in [6.45, 7) is 6.00. The van der Waals surface area contributed by atoms with Crippen molar-refractivity contribution in [3.63, 3.8) is 0 Å². The van der Waals surface area contributed by atoms with E-state index < -0.39 is 0 Å². The van der Waals surface area contributed by atoms with Gasteiger partial charge in [0.05, 0.1) is 0 Å². The third-order valence-electron chi connectivity index (χ3n) is 1.60. The molecule has 0 fully saturated rings. The van der Waals surface area contributed by atoms with E-state index in [-0.39, 0.29) is 11.8 Å². The molecule has 0 rings (SSSR count). The zero-order valence-corrected chi connectivity index (χ0v) is 8.85. The molecule has 0 aromatic heterocycles. The van der Waals surface area contributed by atoms with Gasteiger partial charge in [-0.1, -0.05) is 6.92 Å². The average Bonchev–Trinajstić information content (AvgIpc) is 2.13. The van der Waals surface area contributed by atoms with Crippen LogP contribution in [-0.4, -0.2) is 38.0 Å². The summed E-state index contributed by atoms with van der Waals surface area (Å²) >= 11 is 0. The fraction of sp³-hybridized carbons (Fsp3) is 0.778. The number of rotatable bonds is 7. The highest BCUT2D eigenvalue weighted by Crippen LogP contribution is 1.76. The van der Waals surface area contributed by atoms with Crippen molar-refractivity contribution in [2.75, 3.05) is 26.2 Å². The van der Waals surface area contributed by atoms with E-state index in [1.165, 1.54) is 6.92 Å². The third-order valence-corrected chi connectivity index (χ3v) is 1.60. The van der Waals surface area contributed by atoms with Crippen LogP contribution in [0.3, 0.4) is 0 Å². The molecule has 82 valence electrons. The molecule has 0 radical (unpaired) electrons. The molecular weight excluding hydrogens is 182 g/mol. The molecule has 0 saturated carbocycles. The van der Waals surface area contributed by atoms with Crippen molar-refractivity contribution >= 4 is 11.8 Å². The van der Waals surface area contributed by atoms with Gasteiger partial charge in [-0.2, -0.15) is 0 Å². The molecule has 0 aromatic carbocycles. The monoisotopic (exact) mass is 201 g/mol. The van der Waals surface area contributed by atoms with Crippen LogP contribution in [0.25, 0.3) is 0 Å². The Morgan fingerprint density at radius 3 is 2.29 bits per heavy atom. The predicted molar refractivity (Wildman–Crippen MR) is 54.9 cm³/mol. The molecule has 0 aromatic rings. The first-order valence-electron chi connectivity index (χ1n) is 4.88. The van der Waals surface area contributed by atoms with Crippen molar-refractivity contribution in [2.24, 2.45) is 0 Å². The van der Waals surface area contributed by atoms with E-state index in [0.29, 0.717) is 26.1 Å². The van der Waals surface area contributed by atoms with Gasteiger partial charge in [0.1, 0.15) is 0 Å². The van der Waals surface area contributed by atoms with Gasteiger partial charge in [0.2, 0.25) is 11.8 Å². The highest BCUT2D eigenvalue weighted by molar-refractivity contribution is 5.76. The lowest BCUT2D eigenvalue weighted by Gasteiger charge is -2.05. The van der Waals surface area contributed by atoms with Gasteiger partial charge < -0.3 is 16.0 Å². The van der Waals surface area contributed by atoms with E-state index in [1.54, 1.807) is 0 Å². The molecule has 0 spiro atoms. The van der Waals surface area contributed by atoms with Gasteiger partial charge in [0.15, 0.2) is 0 Å². The largest absolute Gasteiger partial charge is 0.355 e. The van der Waals surface area contributed by atoms with E-state index in [0.717, 1.165) is 6.54 Å². The van der Waals surface area contributed by atoms with Crippen molar-refractivity contribution in [3.8, 4) is 0 Å². The maximum atomic E-state index is 11.1. The fourth-order valence-electron chi connectivity index (χ4n) is 0.908. The Hall–Kier alpha value is -1.10. The minimum Gasteiger partial charge on any atom is -0.355 e. The van der Waals surface area contributed by atoms with Crippen LogP contribution >= 0.6 is 0 Å². The summed E-state index contributed by atoms with van der Waals surface area (Å²) in [5, 5.41) is 8.36. The van der Waals surface area contributed by atoms with E-state index in [9.17, 15) is 9.59 Å². The third kappa shape index (κ3) is 8.99. The summed E-state index contributed by atoms with van der Waals surface area (Å²) < 4.78 is 0. The van der Waals surface area contributed by atoms with Crippen molar-refractivity contribution in [3.05, 3.63) is 0 Å². The molecule has 3 N–H and O–H groups in total. The van der Waals surface area contributed by atoms with Crippen LogP contribution in [0.15, 0.2) is 0 Å². The van der Waals surface area contributed by atoms with Crippen molar-refractivity contribution in [1.82, 2.24) is 16.0 Å². The van der Waals surface area contributed by atoms with Gasteiger partial charge in [-0.15, -0.1) is 0 Å². The number of hydrogen-bond donors (Lipinski definition) is 3. The molecule has 0 saturated heterocycles. The van der Waals surface area contributed by atoms with Gasteiger partial charge in [-0.3, -0.25) is 9.59 Å². The van der Waals surface area contributed by atoms with E-state index in [1.807, 2.05) is 6.92 Å². The second kappa shape index (κ2) is 8.50. The molecule has 0 atom stereocenters. The summed E-state index contributed by atoms with van der Waals surface area (Å²) in [5.41, 5.74) is 0. The summed E-state index contributed by atoms with van der Waals surface area (Å²) in [7, 11) is 0. The van der Waals surface area contributed by atoms with Crippen LogP contribution in [0.5, 0.6) is 0 Å². The number of carbonyl (C=O) groups excluding carboxylic acids is 2. The van der Waals surface area contributed by atoms with E-state index in [4.69, 9.17) is 0 Å². The lowest BCUT2D eigenvalue weighted by molar-refractivity contribution is -0.122. The lowest BCUT2D eigenvalue weighted by atomic mass is 10.4. The molecule has 0 heterocycles. The lowest BCUT2D eigenvalue weighted by Crippen LogP contribution is -2.34. The summed E-state index contributed by atoms with van der Waals surface area (Å²) in [6, 6.07) is 0. The second-order valence-corrected chi connectivity index (χ2v) is 2.94. The minimum absolute atomic E-state index is 0.0105. The van der Waals surface area contributed by atoms with Crippen molar-refractivity contribution in [1.29, 1.82) is 0 Å². The number of hydrogen-bond acceptors (Lipinski definition) is 3. The Balaban J connectivity index is 3.22. The molecule has 5 heteroatoms. The zero-order valence-electron chi connectivity index (χ0n) is 8.85. The molecule has 5 nitrogen and oxygen atoms in total. The zero-order chi connectivity index (χ0) is 10.8. The van der Waals surface area contributed by atoms with Crippen LogP contribution < -0.4 is 16.0 Å². The summed E-state index contributed by atoms with van der Waals surface area (Å²) in [6.07, 6.45) is 0.480. The summed E-state index contributed by atoms with van der Waals surface area (Å²) in [5.74, 6) is -0.0665. The predicted octanol–water partition coefficient (Wildman–Crippen LogP) is -0.762. The molecule has 2 amide bonds. The van der Waals surface area contributed by atoms with Gasteiger partial charge in [-0.05, 0) is 6.54 Å². The Labute approximate surface area is 84.6 Å². The van der Waals surface area contributed by atoms with Gasteiger partial charge in [0.25, 0.3) is 0 Å². The summed E-state index contributed by atoms with van der Waals surface area (Å²) in [4.78, 5) is 21.6. The van der Waals surface area contributed by atoms with Crippen molar-refractivity contribution < 1.29 is 9.59 Å². The molecule has 0 aliphatic rings. The average molecular weight is 201 g/mol. The Morgan fingerprint density at radius 2 is 1.71 bits per heavy atom. The smallest absolute Gasteiger partial charge is 0.221 e. The first kappa shape index (κ1) is 12.9. The van der Waals surface area contributed by atoms with Crippen LogP contribution in [0.1, 0.15) is 20.3 Å². The topological polar surface area (TPSA) is 70.2 Å². The highest BCUT2D eigenvalue weighted by atomic mass is 16.2. The molecule has 14 heavy (non-hydrogen) atoms. The van der Waals surface area contributed by atoms with Crippen LogP contribution in [-0.2, 0) is 9.59 Å². The Morgan fingerprint density at radius 1 is 1.07 bits per heavy atom. The molecular formula is C9H19N3O2. The van der Waals surface area contributed by atoms with Crippen molar-refractivity contribution in [2.45, 2.75) is 20.3 Å². The van der Waals surface area contributed by atoms with E-state index in [2.05, 4.69) is 16.0 Å². The Bertz CT molecular complexity index is 183. The van der Waals surface area contributed by atoms with Crippen LogP contribution in [0.2, 0.25) is 0 Å². The SMILES string of the molecule is CCNCCC(=O)NCCNC(C)=O. The molecule has 0 aliphatic heterocycles. The number of carbonyl (C=O) groups is 2. The van der Waals surface area contributed by atoms with Gasteiger partial charge in [0, 0.05) is 33.0 Å². The number of nitrogens with one attached hydrogen (secondary N) is 3. The molecule has 0 aliphatic carbocycles. The normalized spacial score (nSPS) is 9.57. The standard InChI is InChI=1S/C9H19N3O2/c1-3-10-5-4-9(14)12-7-6-11-8(2)13/h10H,3-7H2,1-2H3,(H,11,13)(H,12,14). The molecule has 0 unspecified atom stereocenters. The van der Waals surface area contributed by atoms with Gasteiger partial charge >= 0.3 is 0 Å². The molecule has 0 bridgehead atoms. The van der Waals surface area contributed by atoms with Gasteiger partial charge in [-0.25, -0.2) is 0 Å². The fourth-order valence-corrected chi connectivity index (χ4v) is 0.908. The van der Waals surface area contributed by atoms with E-state index >= 15 is 0 Å². The second-order valence-electron chi connectivity index (χ2n) is 2.94. The highest BCUT2D eigenvalue weighted by Gasteiger charge is 1.98. The first-order valence-corrected chi connectivity index (χ1v) is 4.88. The maximum Gasteiger partial charge on any atom is 0.221 e. The Kier molecular flexibility index (Phi) is 7.83. The number of amides is 2. The maximum absolute atomic E-state index is 11.1. The minimum atomic E-state index is -0.0769. The first-order chi connectivity index (χ1) is 6.66. The van der Waals surface area contributed by atoms with Crippen LogP contribution in [0.4, 0.5) is 0 Å².